The van der Waals surface area contributed by atoms with Gasteiger partial charge in [0.25, 0.3) is 5.91 Å². The van der Waals surface area contributed by atoms with Crippen molar-refractivity contribution in [1.29, 1.82) is 0 Å². The predicted octanol–water partition coefficient (Wildman–Crippen LogP) is 3.74. The lowest BCUT2D eigenvalue weighted by molar-refractivity contribution is 0.0923. The standard InChI is InChI=1S/C18H16N2O3/c21-18(15-11-17(23-20-15)16-9-4-10-22-16)19-14-8-3-6-12-5-1-2-7-13(12)14/h1-2,4-5,7,9-11,14H,3,6,8H2,(H,19,21)/t14-/m1/s1. The molecule has 1 aromatic carbocycles. The Kier molecular flexibility index (Phi) is 3.46. The Hall–Kier alpha value is -2.82. The summed E-state index contributed by atoms with van der Waals surface area (Å²) in [6, 6.07) is 13.4. The van der Waals surface area contributed by atoms with Gasteiger partial charge in [0.05, 0.1) is 12.3 Å². The van der Waals surface area contributed by atoms with E-state index in [0.29, 0.717) is 11.5 Å². The fraction of sp³-hybridized carbons (Fsp3) is 0.222. The number of nitrogens with one attached hydrogen (secondary N) is 1. The molecule has 23 heavy (non-hydrogen) atoms. The van der Waals surface area contributed by atoms with Gasteiger partial charge in [-0.05, 0) is 42.5 Å². The van der Waals surface area contributed by atoms with Crippen molar-refractivity contribution in [3.05, 3.63) is 65.5 Å². The summed E-state index contributed by atoms with van der Waals surface area (Å²) >= 11 is 0. The lowest BCUT2D eigenvalue weighted by Gasteiger charge is -2.25. The van der Waals surface area contributed by atoms with Crippen LogP contribution < -0.4 is 5.32 Å². The van der Waals surface area contributed by atoms with Crippen LogP contribution in [0.4, 0.5) is 0 Å². The summed E-state index contributed by atoms with van der Waals surface area (Å²) in [7, 11) is 0. The summed E-state index contributed by atoms with van der Waals surface area (Å²) in [5.41, 5.74) is 2.77. The van der Waals surface area contributed by atoms with E-state index in [2.05, 4.69) is 22.6 Å². The van der Waals surface area contributed by atoms with E-state index in [1.807, 2.05) is 12.1 Å². The van der Waals surface area contributed by atoms with Gasteiger partial charge < -0.3 is 14.3 Å². The van der Waals surface area contributed by atoms with Gasteiger partial charge in [0, 0.05) is 6.07 Å². The molecular weight excluding hydrogens is 292 g/mol. The zero-order chi connectivity index (χ0) is 15.6. The van der Waals surface area contributed by atoms with E-state index in [-0.39, 0.29) is 17.6 Å². The number of aromatic nitrogens is 1. The number of carbonyl (C=O) groups excluding carboxylic acids is 1. The maximum Gasteiger partial charge on any atom is 0.273 e. The van der Waals surface area contributed by atoms with E-state index in [1.165, 1.54) is 11.1 Å². The van der Waals surface area contributed by atoms with Crippen LogP contribution in [0.5, 0.6) is 0 Å². The first-order chi connectivity index (χ1) is 11.3. The lowest BCUT2D eigenvalue weighted by Crippen LogP contribution is -2.31. The van der Waals surface area contributed by atoms with E-state index < -0.39 is 0 Å². The quantitative estimate of drug-likeness (QED) is 0.800. The molecule has 0 saturated heterocycles. The minimum Gasteiger partial charge on any atom is -0.461 e. The van der Waals surface area contributed by atoms with Gasteiger partial charge in [-0.2, -0.15) is 0 Å². The van der Waals surface area contributed by atoms with Crippen LogP contribution in [0, 0.1) is 0 Å². The minimum atomic E-state index is -0.228. The Morgan fingerprint density at radius 1 is 1.17 bits per heavy atom. The van der Waals surface area contributed by atoms with Crippen molar-refractivity contribution in [2.45, 2.75) is 25.3 Å². The van der Waals surface area contributed by atoms with Crippen molar-refractivity contribution in [2.75, 3.05) is 0 Å². The average Bonchev–Trinajstić information content (AvgIpc) is 3.26. The predicted molar refractivity (Wildman–Crippen MR) is 83.8 cm³/mol. The van der Waals surface area contributed by atoms with Gasteiger partial charge >= 0.3 is 0 Å². The molecule has 0 spiro atoms. The highest BCUT2D eigenvalue weighted by Crippen LogP contribution is 2.30. The molecule has 0 saturated carbocycles. The molecule has 5 nitrogen and oxygen atoms in total. The van der Waals surface area contributed by atoms with E-state index in [1.54, 1.807) is 24.5 Å². The van der Waals surface area contributed by atoms with Gasteiger partial charge in [0.15, 0.2) is 11.5 Å². The van der Waals surface area contributed by atoms with Crippen LogP contribution in [-0.4, -0.2) is 11.1 Å². The topological polar surface area (TPSA) is 68.3 Å². The SMILES string of the molecule is O=C(N[C@@H]1CCCc2ccccc21)c1cc(-c2ccco2)on1. The zero-order valence-electron chi connectivity index (χ0n) is 12.5. The summed E-state index contributed by atoms with van der Waals surface area (Å²) in [4.78, 5) is 12.4. The van der Waals surface area contributed by atoms with Crippen LogP contribution in [0.3, 0.4) is 0 Å². The fourth-order valence-electron chi connectivity index (χ4n) is 3.05. The Morgan fingerprint density at radius 3 is 2.96 bits per heavy atom. The van der Waals surface area contributed by atoms with Crippen molar-refractivity contribution in [1.82, 2.24) is 10.5 Å². The van der Waals surface area contributed by atoms with Crippen molar-refractivity contribution < 1.29 is 13.7 Å². The van der Waals surface area contributed by atoms with Gasteiger partial charge in [0.2, 0.25) is 5.76 Å². The highest BCUT2D eigenvalue weighted by molar-refractivity contribution is 5.93. The summed E-state index contributed by atoms with van der Waals surface area (Å²) < 4.78 is 10.4. The fourth-order valence-corrected chi connectivity index (χ4v) is 3.05. The van der Waals surface area contributed by atoms with Crippen LogP contribution in [0.1, 0.15) is 40.5 Å². The largest absolute Gasteiger partial charge is 0.461 e. The second-order valence-electron chi connectivity index (χ2n) is 5.67. The van der Waals surface area contributed by atoms with Crippen LogP contribution in [0.25, 0.3) is 11.5 Å². The number of furan rings is 1. The summed E-state index contributed by atoms with van der Waals surface area (Å²) in [6.07, 6.45) is 4.62. The maximum atomic E-state index is 12.4. The molecule has 116 valence electrons. The normalized spacial score (nSPS) is 16.8. The Morgan fingerprint density at radius 2 is 2.09 bits per heavy atom. The smallest absolute Gasteiger partial charge is 0.273 e. The highest BCUT2D eigenvalue weighted by atomic mass is 16.5. The second kappa shape index (κ2) is 5.76. The zero-order valence-corrected chi connectivity index (χ0v) is 12.5. The number of hydrogen-bond donors (Lipinski definition) is 1. The number of rotatable bonds is 3. The number of nitrogens with zero attached hydrogens (tertiary/aromatic N) is 1. The highest BCUT2D eigenvalue weighted by Gasteiger charge is 2.23. The molecule has 1 atom stereocenters. The first kappa shape index (κ1) is 13.8. The van der Waals surface area contributed by atoms with E-state index in [0.717, 1.165) is 19.3 Å². The third-order valence-corrected chi connectivity index (χ3v) is 4.18. The van der Waals surface area contributed by atoms with Gasteiger partial charge in [-0.25, -0.2) is 0 Å². The number of benzene rings is 1. The molecule has 2 heterocycles. The van der Waals surface area contributed by atoms with Crippen LogP contribution in [-0.2, 0) is 6.42 Å². The Bertz CT molecular complexity index is 820. The molecule has 5 heteroatoms. The second-order valence-corrected chi connectivity index (χ2v) is 5.67. The van der Waals surface area contributed by atoms with Gasteiger partial charge in [-0.3, -0.25) is 4.79 Å². The molecular formula is C18H16N2O3. The van der Waals surface area contributed by atoms with E-state index >= 15 is 0 Å². The number of aryl methyl sites for hydroxylation is 1. The molecule has 1 amide bonds. The number of hydrogen-bond acceptors (Lipinski definition) is 4. The van der Waals surface area contributed by atoms with Gasteiger partial charge in [-0.15, -0.1) is 0 Å². The number of fused-ring (bicyclic) bond motifs is 1. The number of amides is 1. The molecule has 0 aliphatic heterocycles. The van der Waals surface area contributed by atoms with Crippen LogP contribution in [0.15, 0.2) is 57.7 Å². The van der Waals surface area contributed by atoms with E-state index in [9.17, 15) is 4.79 Å². The maximum absolute atomic E-state index is 12.4. The molecule has 3 aromatic rings. The van der Waals surface area contributed by atoms with Gasteiger partial charge in [-0.1, -0.05) is 29.4 Å². The molecule has 0 fully saturated rings. The molecule has 2 aromatic heterocycles. The molecule has 0 radical (unpaired) electrons. The van der Waals surface area contributed by atoms with Crippen LogP contribution in [0.2, 0.25) is 0 Å². The monoisotopic (exact) mass is 308 g/mol. The summed E-state index contributed by atoms with van der Waals surface area (Å²) in [5, 5.41) is 6.90. The third-order valence-electron chi connectivity index (χ3n) is 4.18. The summed E-state index contributed by atoms with van der Waals surface area (Å²) in [6.45, 7) is 0. The van der Waals surface area contributed by atoms with Crippen molar-refractivity contribution >= 4 is 5.91 Å². The molecule has 0 unspecified atom stereocenters. The van der Waals surface area contributed by atoms with Crippen molar-refractivity contribution in [3.63, 3.8) is 0 Å². The van der Waals surface area contributed by atoms with Crippen molar-refractivity contribution in [3.8, 4) is 11.5 Å². The average molecular weight is 308 g/mol. The summed E-state index contributed by atoms with van der Waals surface area (Å²) in [5.74, 6) is 0.775. The van der Waals surface area contributed by atoms with Crippen molar-refractivity contribution in [2.24, 2.45) is 0 Å². The lowest BCUT2D eigenvalue weighted by atomic mass is 9.87. The Labute approximate surface area is 133 Å². The number of carbonyl (C=O) groups is 1. The van der Waals surface area contributed by atoms with Gasteiger partial charge in [0.1, 0.15) is 0 Å². The Balaban J connectivity index is 1.53. The van der Waals surface area contributed by atoms with E-state index in [4.69, 9.17) is 8.94 Å². The molecule has 4 rings (SSSR count). The first-order valence-electron chi connectivity index (χ1n) is 7.70. The molecule has 1 aliphatic carbocycles. The molecule has 0 bridgehead atoms. The van der Waals surface area contributed by atoms with Crippen LogP contribution >= 0.6 is 0 Å². The minimum absolute atomic E-state index is 0.0243. The molecule has 1 N–H and O–H groups in total. The third kappa shape index (κ3) is 2.65. The molecule has 1 aliphatic rings. The first-order valence-corrected chi connectivity index (χ1v) is 7.70.